The van der Waals surface area contributed by atoms with Gasteiger partial charge in [0.15, 0.2) is 0 Å². The van der Waals surface area contributed by atoms with Gasteiger partial charge in [-0.05, 0) is 66.5 Å². The van der Waals surface area contributed by atoms with Crippen LogP contribution in [0, 0.1) is 9.49 Å². The Bertz CT molecular complexity index is 445. The van der Waals surface area contributed by atoms with Crippen molar-refractivity contribution in [3.63, 3.8) is 0 Å². The molecule has 1 saturated carbocycles. The van der Waals surface area contributed by atoms with Crippen molar-refractivity contribution in [1.29, 1.82) is 0 Å². The van der Waals surface area contributed by atoms with Crippen LogP contribution >= 0.6 is 34.2 Å². The summed E-state index contributed by atoms with van der Waals surface area (Å²) in [6, 6.07) is 5.53. The molecule has 0 bridgehead atoms. The van der Waals surface area contributed by atoms with Gasteiger partial charge in [-0.15, -0.1) is 0 Å². The number of amides is 1. The summed E-state index contributed by atoms with van der Waals surface area (Å²) in [6.07, 6.45) is 3.83. The quantitative estimate of drug-likeness (QED) is 0.720. The molecule has 0 heterocycles. The van der Waals surface area contributed by atoms with Gasteiger partial charge in [0.1, 0.15) is 0 Å². The molecule has 1 aromatic rings. The predicted molar refractivity (Wildman–Crippen MR) is 83.1 cm³/mol. The van der Waals surface area contributed by atoms with Crippen LogP contribution in [-0.4, -0.2) is 23.9 Å². The summed E-state index contributed by atoms with van der Waals surface area (Å²) in [6.45, 7) is 3.68. The molecule has 1 aromatic carbocycles. The lowest BCUT2D eigenvalue weighted by molar-refractivity contribution is 0.0706. The first-order valence-corrected chi connectivity index (χ1v) is 7.81. The number of halogens is 2. The minimum absolute atomic E-state index is 0.0997. The van der Waals surface area contributed by atoms with Crippen molar-refractivity contribution in [3.8, 4) is 0 Å². The number of carbonyl (C=O) groups is 1. The summed E-state index contributed by atoms with van der Waals surface area (Å²) in [7, 11) is 0. The Kier molecular flexibility index (Phi) is 4.90. The summed E-state index contributed by atoms with van der Waals surface area (Å²) in [4.78, 5) is 14.3. The molecule has 2 rings (SSSR count). The van der Waals surface area contributed by atoms with E-state index in [1.807, 2.05) is 24.0 Å². The lowest BCUT2D eigenvalue weighted by atomic mass is 9.85. The molecule has 0 N–H and O–H groups in total. The molecule has 1 amide bonds. The zero-order chi connectivity index (χ0) is 13.1. The Morgan fingerprint density at radius 1 is 1.50 bits per heavy atom. The summed E-state index contributed by atoms with van der Waals surface area (Å²) in [5.41, 5.74) is 0.696. The van der Waals surface area contributed by atoms with Crippen LogP contribution in [0.2, 0.25) is 5.02 Å². The average Bonchev–Trinajstić information content (AvgIpc) is 2.31. The maximum atomic E-state index is 12.4. The highest BCUT2D eigenvalue weighted by molar-refractivity contribution is 14.1. The highest BCUT2D eigenvalue weighted by Gasteiger charge is 2.23. The van der Waals surface area contributed by atoms with Gasteiger partial charge in [0, 0.05) is 22.2 Å². The molecule has 2 nitrogen and oxygen atoms in total. The van der Waals surface area contributed by atoms with Crippen LogP contribution in [0.25, 0.3) is 0 Å². The van der Waals surface area contributed by atoms with Gasteiger partial charge in [0.2, 0.25) is 0 Å². The zero-order valence-corrected chi connectivity index (χ0v) is 13.4. The second-order valence-corrected chi connectivity index (χ2v) is 6.34. The van der Waals surface area contributed by atoms with E-state index in [4.69, 9.17) is 11.6 Å². The molecule has 18 heavy (non-hydrogen) atoms. The summed E-state index contributed by atoms with van der Waals surface area (Å²) in [5, 5.41) is 0.654. The van der Waals surface area contributed by atoms with Crippen LogP contribution in [0.4, 0.5) is 0 Å². The van der Waals surface area contributed by atoms with Crippen LogP contribution in [0.3, 0.4) is 0 Å². The third-order valence-corrected chi connectivity index (χ3v) is 5.11. The Labute approximate surface area is 127 Å². The second-order valence-electron chi connectivity index (χ2n) is 4.77. The van der Waals surface area contributed by atoms with E-state index < -0.39 is 0 Å². The molecule has 98 valence electrons. The highest BCUT2D eigenvalue weighted by atomic mass is 127. The van der Waals surface area contributed by atoms with E-state index in [0.29, 0.717) is 16.5 Å². The second kappa shape index (κ2) is 6.24. The third kappa shape index (κ3) is 3.18. The highest BCUT2D eigenvalue weighted by Crippen LogP contribution is 2.28. The largest absolute Gasteiger partial charge is 0.339 e. The molecule has 1 aliphatic carbocycles. The predicted octanol–water partition coefficient (Wildman–Crippen LogP) is 4.21. The van der Waals surface area contributed by atoms with E-state index in [2.05, 4.69) is 22.6 Å². The number of hydrogen-bond donors (Lipinski definition) is 0. The third-order valence-electron chi connectivity index (χ3n) is 3.54. The fourth-order valence-corrected chi connectivity index (χ4v) is 2.67. The molecule has 0 radical (unpaired) electrons. The molecular formula is C14H17ClINO. The Hall–Kier alpha value is -0.290. The minimum Gasteiger partial charge on any atom is -0.339 e. The molecule has 0 saturated heterocycles. The van der Waals surface area contributed by atoms with E-state index in [-0.39, 0.29) is 5.91 Å². The van der Waals surface area contributed by atoms with Crippen molar-refractivity contribution in [1.82, 2.24) is 4.90 Å². The van der Waals surface area contributed by atoms with Crippen molar-refractivity contribution < 1.29 is 4.79 Å². The number of benzene rings is 1. The Balaban J connectivity index is 2.09. The van der Waals surface area contributed by atoms with Gasteiger partial charge in [0.25, 0.3) is 5.91 Å². The molecule has 1 aliphatic rings. The van der Waals surface area contributed by atoms with Gasteiger partial charge in [-0.3, -0.25) is 4.79 Å². The molecule has 4 heteroatoms. The van der Waals surface area contributed by atoms with E-state index >= 15 is 0 Å². The van der Waals surface area contributed by atoms with Gasteiger partial charge in [-0.25, -0.2) is 0 Å². The zero-order valence-electron chi connectivity index (χ0n) is 10.5. The van der Waals surface area contributed by atoms with E-state index in [1.165, 1.54) is 19.3 Å². The standard InChI is InChI=1S/C14H17ClINO/c1-2-17(9-10-4-3-5-10)14(18)11-6-7-13(16)12(15)8-11/h6-8,10H,2-5,9H2,1H3. The van der Waals surface area contributed by atoms with Gasteiger partial charge in [0.05, 0.1) is 5.02 Å². The van der Waals surface area contributed by atoms with Crippen LogP contribution in [0.1, 0.15) is 36.5 Å². The monoisotopic (exact) mass is 377 g/mol. The molecular weight excluding hydrogens is 361 g/mol. The van der Waals surface area contributed by atoms with Gasteiger partial charge < -0.3 is 4.90 Å². The summed E-state index contributed by atoms with van der Waals surface area (Å²) < 4.78 is 0.979. The van der Waals surface area contributed by atoms with Crippen molar-refractivity contribution in [2.45, 2.75) is 26.2 Å². The Morgan fingerprint density at radius 3 is 2.72 bits per heavy atom. The number of rotatable bonds is 4. The first-order valence-electron chi connectivity index (χ1n) is 6.36. The summed E-state index contributed by atoms with van der Waals surface area (Å²) in [5.74, 6) is 0.802. The fraction of sp³-hybridized carbons (Fsp3) is 0.500. The van der Waals surface area contributed by atoms with Crippen molar-refractivity contribution in [3.05, 3.63) is 32.4 Å². The van der Waals surface area contributed by atoms with Gasteiger partial charge >= 0.3 is 0 Å². The minimum atomic E-state index is 0.0997. The first-order chi connectivity index (χ1) is 8.61. The van der Waals surface area contributed by atoms with E-state index in [9.17, 15) is 4.79 Å². The van der Waals surface area contributed by atoms with Crippen LogP contribution < -0.4 is 0 Å². The maximum Gasteiger partial charge on any atom is 0.253 e. The Morgan fingerprint density at radius 2 is 2.22 bits per heavy atom. The number of nitrogens with zero attached hydrogens (tertiary/aromatic N) is 1. The molecule has 0 aliphatic heterocycles. The number of hydrogen-bond acceptors (Lipinski definition) is 1. The van der Waals surface area contributed by atoms with Crippen molar-refractivity contribution in [2.75, 3.05) is 13.1 Å². The number of carbonyl (C=O) groups excluding carboxylic acids is 1. The lowest BCUT2D eigenvalue weighted by Crippen LogP contribution is -2.37. The maximum absolute atomic E-state index is 12.4. The SMILES string of the molecule is CCN(CC1CCC1)C(=O)c1ccc(I)c(Cl)c1. The molecule has 0 spiro atoms. The van der Waals surface area contributed by atoms with Gasteiger partial charge in [-0.1, -0.05) is 18.0 Å². The lowest BCUT2D eigenvalue weighted by Gasteiger charge is -2.31. The van der Waals surface area contributed by atoms with Crippen molar-refractivity contribution in [2.24, 2.45) is 5.92 Å². The topological polar surface area (TPSA) is 20.3 Å². The smallest absolute Gasteiger partial charge is 0.253 e. The normalized spacial score (nSPS) is 15.3. The average molecular weight is 378 g/mol. The fourth-order valence-electron chi connectivity index (χ4n) is 2.15. The van der Waals surface area contributed by atoms with Crippen LogP contribution in [-0.2, 0) is 0 Å². The first kappa shape index (κ1) is 14.1. The van der Waals surface area contributed by atoms with Crippen LogP contribution in [0.15, 0.2) is 18.2 Å². The molecule has 0 aromatic heterocycles. The van der Waals surface area contributed by atoms with E-state index in [0.717, 1.165) is 16.7 Å². The summed E-state index contributed by atoms with van der Waals surface area (Å²) >= 11 is 8.24. The van der Waals surface area contributed by atoms with E-state index in [1.54, 1.807) is 6.07 Å². The van der Waals surface area contributed by atoms with Crippen molar-refractivity contribution >= 4 is 40.1 Å². The molecule has 0 unspecified atom stereocenters. The molecule has 1 fully saturated rings. The van der Waals surface area contributed by atoms with Crippen LogP contribution in [0.5, 0.6) is 0 Å². The van der Waals surface area contributed by atoms with Gasteiger partial charge in [-0.2, -0.15) is 0 Å². The molecule has 0 atom stereocenters.